The molecule has 5 heteroatoms. The fourth-order valence-corrected chi connectivity index (χ4v) is 2.78. The molecule has 0 amide bonds. The van der Waals surface area contributed by atoms with Crippen LogP contribution in [0.25, 0.3) is 0 Å². The largest absolute Gasteiger partial charge is 0.382 e. The summed E-state index contributed by atoms with van der Waals surface area (Å²) in [5.41, 5.74) is 2.75. The molecule has 3 N–H and O–H groups in total. The molecule has 1 aliphatic carbocycles. The molecule has 1 rings (SSSR count). The first-order chi connectivity index (χ1) is 9.20. The lowest BCUT2D eigenvalue weighted by Crippen LogP contribution is -2.50. The molecule has 0 radical (unpaired) electrons. The maximum Gasteiger partial charge on any atom is 0.208 e. The van der Waals surface area contributed by atoms with Crippen molar-refractivity contribution in [1.29, 1.82) is 0 Å². The Bertz CT molecular complexity index is 270. The molecule has 2 unspecified atom stereocenters. The van der Waals surface area contributed by atoms with E-state index in [1.54, 1.807) is 0 Å². The highest BCUT2D eigenvalue weighted by Crippen LogP contribution is 2.27. The molecule has 0 aliphatic heterocycles. The Hall–Kier alpha value is -0.810. The number of rotatable bonds is 6. The molecule has 112 valence electrons. The fraction of sp³-hybridized carbons (Fsp3) is 0.929. The molecule has 0 saturated heterocycles. The summed E-state index contributed by atoms with van der Waals surface area (Å²) in [5, 5.41) is 0. The predicted molar refractivity (Wildman–Crippen MR) is 79.9 cm³/mol. The monoisotopic (exact) mass is 270 g/mol. The lowest BCUT2D eigenvalue weighted by atomic mass is 9.85. The lowest BCUT2D eigenvalue weighted by molar-refractivity contribution is 0.146. The van der Waals surface area contributed by atoms with Crippen molar-refractivity contribution in [2.45, 2.75) is 52.0 Å². The molecular weight excluding hydrogens is 240 g/mol. The molecule has 5 nitrogen and oxygen atoms in total. The number of aliphatic imine (C=N–C) groups is 1. The van der Waals surface area contributed by atoms with Crippen LogP contribution in [0, 0.1) is 5.92 Å². The van der Waals surface area contributed by atoms with Gasteiger partial charge in [-0.1, -0.05) is 19.8 Å². The van der Waals surface area contributed by atoms with Crippen LogP contribution in [0.5, 0.6) is 0 Å². The zero-order valence-corrected chi connectivity index (χ0v) is 12.7. The second kappa shape index (κ2) is 9.15. The molecule has 19 heavy (non-hydrogen) atoms. The van der Waals surface area contributed by atoms with E-state index >= 15 is 0 Å². The van der Waals surface area contributed by atoms with Crippen molar-refractivity contribution in [3.8, 4) is 0 Å². The van der Waals surface area contributed by atoms with Crippen LogP contribution in [0.2, 0.25) is 0 Å². The highest BCUT2D eigenvalue weighted by molar-refractivity contribution is 5.79. The van der Waals surface area contributed by atoms with Crippen molar-refractivity contribution in [3.63, 3.8) is 0 Å². The van der Waals surface area contributed by atoms with Crippen LogP contribution in [0.1, 0.15) is 46.0 Å². The molecule has 0 spiro atoms. The van der Waals surface area contributed by atoms with E-state index in [9.17, 15) is 0 Å². The quantitative estimate of drug-likeness (QED) is 0.254. The Balaban J connectivity index is 2.45. The molecule has 0 aromatic carbocycles. The summed E-state index contributed by atoms with van der Waals surface area (Å²) in [6.45, 7) is 6.62. The number of hydrogen-bond donors (Lipinski definition) is 2. The van der Waals surface area contributed by atoms with E-state index < -0.39 is 0 Å². The molecular formula is C14H30N4O. The number of guanidine groups is 1. The third kappa shape index (κ3) is 5.37. The number of nitrogens with two attached hydrogens (primary N) is 1. The van der Waals surface area contributed by atoms with E-state index in [4.69, 9.17) is 10.6 Å². The third-order valence-electron chi connectivity index (χ3n) is 3.94. The topological polar surface area (TPSA) is 62.9 Å². The van der Waals surface area contributed by atoms with E-state index in [1.807, 2.05) is 6.92 Å². The van der Waals surface area contributed by atoms with Crippen LogP contribution < -0.4 is 11.3 Å². The van der Waals surface area contributed by atoms with Crippen molar-refractivity contribution in [1.82, 2.24) is 10.3 Å². The zero-order valence-electron chi connectivity index (χ0n) is 12.7. The zero-order chi connectivity index (χ0) is 14.1. The maximum absolute atomic E-state index is 5.61. The van der Waals surface area contributed by atoms with Crippen molar-refractivity contribution in [3.05, 3.63) is 0 Å². The van der Waals surface area contributed by atoms with Gasteiger partial charge in [0.1, 0.15) is 0 Å². The van der Waals surface area contributed by atoms with Gasteiger partial charge in [-0.3, -0.25) is 10.4 Å². The van der Waals surface area contributed by atoms with Gasteiger partial charge in [0.05, 0.1) is 0 Å². The number of hydrazine groups is 1. The van der Waals surface area contributed by atoms with Gasteiger partial charge in [0.15, 0.2) is 0 Å². The number of ether oxygens (including phenoxy) is 1. The molecule has 0 aromatic heterocycles. The van der Waals surface area contributed by atoms with Gasteiger partial charge in [0.25, 0.3) is 0 Å². The highest BCUT2D eigenvalue weighted by Gasteiger charge is 2.26. The average Bonchev–Trinajstić information content (AvgIpc) is 2.43. The van der Waals surface area contributed by atoms with Gasteiger partial charge < -0.3 is 9.64 Å². The predicted octanol–water partition coefficient (Wildman–Crippen LogP) is 1.74. The third-order valence-corrected chi connectivity index (χ3v) is 3.94. The summed E-state index contributed by atoms with van der Waals surface area (Å²) in [4.78, 5) is 6.76. The van der Waals surface area contributed by atoms with E-state index in [2.05, 4.69) is 29.3 Å². The Morgan fingerprint density at radius 3 is 2.79 bits per heavy atom. The summed E-state index contributed by atoms with van der Waals surface area (Å²) in [6, 6.07) is 0.551. The summed E-state index contributed by atoms with van der Waals surface area (Å²) in [5.74, 6) is 7.12. The lowest BCUT2D eigenvalue weighted by Gasteiger charge is -2.37. The van der Waals surface area contributed by atoms with Crippen LogP contribution in [0.15, 0.2) is 4.99 Å². The van der Waals surface area contributed by atoms with Gasteiger partial charge in [-0.2, -0.15) is 0 Å². The number of nitrogens with zero attached hydrogens (tertiary/aromatic N) is 2. The van der Waals surface area contributed by atoms with E-state index in [0.717, 1.165) is 32.1 Å². The normalized spacial score (nSPS) is 24.3. The van der Waals surface area contributed by atoms with Gasteiger partial charge in [-0.05, 0) is 32.1 Å². The van der Waals surface area contributed by atoms with E-state index in [1.165, 1.54) is 25.7 Å². The Kier molecular flexibility index (Phi) is 7.82. The molecule has 1 fully saturated rings. The fourth-order valence-electron chi connectivity index (χ4n) is 2.78. The van der Waals surface area contributed by atoms with Crippen LogP contribution in [0.3, 0.4) is 0 Å². The molecule has 1 aliphatic rings. The van der Waals surface area contributed by atoms with Crippen LogP contribution in [-0.2, 0) is 4.74 Å². The first kappa shape index (κ1) is 16.2. The van der Waals surface area contributed by atoms with Crippen molar-refractivity contribution in [2.75, 3.05) is 26.8 Å². The first-order valence-electron chi connectivity index (χ1n) is 7.52. The summed E-state index contributed by atoms with van der Waals surface area (Å²) in [6.07, 6.45) is 6.13. The minimum atomic E-state index is 0.551. The van der Waals surface area contributed by atoms with Gasteiger partial charge >= 0.3 is 0 Å². The standard InChI is InChI=1S/C14H30N4O/c1-4-19-11-7-10-16-14(17-15)18(3)13-9-6-5-8-12(13)2/h12-13H,4-11,15H2,1-3H3,(H,16,17). The van der Waals surface area contributed by atoms with Crippen molar-refractivity contribution >= 4 is 5.96 Å². The summed E-state index contributed by atoms with van der Waals surface area (Å²) >= 11 is 0. The second-order valence-electron chi connectivity index (χ2n) is 5.34. The smallest absolute Gasteiger partial charge is 0.208 e. The minimum Gasteiger partial charge on any atom is -0.382 e. The van der Waals surface area contributed by atoms with Crippen LogP contribution in [0.4, 0.5) is 0 Å². The van der Waals surface area contributed by atoms with E-state index in [-0.39, 0.29) is 0 Å². The molecule has 0 aromatic rings. The van der Waals surface area contributed by atoms with Gasteiger partial charge in [-0.15, -0.1) is 0 Å². The maximum atomic E-state index is 5.61. The van der Waals surface area contributed by atoms with Gasteiger partial charge in [-0.25, -0.2) is 5.84 Å². The number of hydrogen-bond acceptors (Lipinski definition) is 3. The highest BCUT2D eigenvalue weighted by atomic mass is 16.5. The molecule has 2 atom stereocenters. The molecule has 0 bridgehead atoms. The van der Waals surface area contributed by atoms with Crippen LogP contribution in [-0.4, -0.2) is 43.7 Å². The average molecular weight is 270 g/mol. The van der Waals surface area contributed by atoms with Gasteiger partial charge in [0.2, 0.25) is 5.96 Å². The Morgan fingerprint density at radius 2 is 2.16 bits per heavy atom. The SMILES string of the molecule is CCOCCCN=C(NN)N(C)C1CCCCC1C. The van der Waals surface area contributed by atoms with Crippen LogP contribution >= 0.6 is 0 Å². The molecule has 1 saturated carbocycles. The van der Waals surface area contributed by atoms with Gasteiger partial charge in [0, 0.05) is 32.8 Å². The Morgan fingerprint density at radius 1 is 1.42 bits per heavy atom. The minimum absolute atomic E-state index is 0.551. The summed E-state index contributed by atoms with van der Waals surface area (Å²) in [7, 11) is 2.09. The molecule has 0 heterocycles. The number of nitrogens with one attached hydrogen (secondary N) is 1. The van der Waals surface area contributed by atoms with Crippen molar-refractivity contribution in [2.24, 2.45) is 16.8 Å². The second-order valence-corrected chi connectivity index (χ2v) is 5.34. The van der Waals surface area contributed by atoms with Crippen molar-refractivity contribution < 1.29 is 4.74 Å². The summed E-state index contributed by atoms with van der Waals surface area (Å²) < 4.78 is 5.31. The Labute approximate surface area is 117 Å². The first-order valence-corrected chi connectivity index (χ1v) is 7.52. The van der Waals surface area contributed by atoms with E-state index in [0.29, 0.717) is 12.0 Å².